The number of para-hydroxylation sites is 1. The van der Waals surface area contributed by atoms with Crippen LogP contribution in [0.2, 0.25) is 5.02 Å². The summed E-state index contributed by atoms with van der Waals surface area (Å²) < 4.78 is 0. The largest absolute Gasteiger partial charge is 0.397 e. The minimum atomic E-state index is -0.312. The molecule has 2 rings (SSSR count). The first kappa shape index (κ1) is 14.2. The number of amides is 1. The molecule has 1 heterocycles. The normalized spacial score (nSPS) is 18.4. The molecule has 1 aromatic carbocycles. The Hall–Kier alpha value is -1.26. The van der Waals surface area contributed by atoms with Gasteiger partial charge in [0, 0.05) is 13.1 Å². The minimum Gasteiger partial charge on any atom is -0.397 e. The van der Waals surface area contributed by atoms with Crippen LogP contribution in [0.15, 0.2) is 18.2 Å². The van der Waals surface area contributed by atoms with Crippen LogP contribution in [0.5, 0.6) is 0 Å². The van der Waals surface area contributed by atoms with Crippen molar-refractivity contribution in [2.45, 2.75) is 25.9 Å². The fourth-order valence-corrected chi connectivity index (χ4v) is 2.65. The lowest BCUT2D eigenvalue weighted by atomic mass is 9.92. The Morgan fingerprint density at radius 2 is 2.11 bits per heavy atom. The highest BCUT2D eigenvalue weighted by atomic mass is 35.5. The van der Waals surface area contributed by atoms with Gasteiger partial charge in [-0.2, -0.15) is 0 Å². The van der Waals surface area contributed by atoms with Gasteiger partial charge in [-0.1, -0.05) is 17.7 Å². The molecule has 0 spiro atoms. The summed E-state index contributed by atoms with van der Waals surface area (Å²) >= 11 is 5.93. The SMILES string of the molecule is CC(O)C1CCN(C(=O)c2cccc(Cl)c2N)CC1. The van der Waals surface area contributed by atoms with Gasteiger partial charge in [-0.05, 0) is 37.8 Å². The van der Waals surface area contributed by atoms with E-state index in [1.54, 1.807) is 30.0 Å². The van der Waals surface area contributed by atoms with Crippen LogP contribution in [0.4, 0.5) is 5.69 Å². The fourth-order valence-electron chi connectivity index (χ4n) is 2.48. The molecule has 0 bridgehead atoms. The topological polar surface area (TPSA) is 66.6 Å². The van der Waals surface area contributed by atoms with E-state index >= 15 is 0 Å². The maximum absolute atomic E-state index is 12.4. The molecule has 1 amide bonds. The van der Waals surface area contributed by atoms with Crippen molar-refractivity contribution >= 4 is 23.2 Å². The predicted molar refractivity (Wildman–Crippen MR) is 76.2 cm³/mol. The Labute approximate surface area is 118 Å². The van der Waals surface area contributed by atoms with Crippen LogP contribution in [0, 0.1) is 5.92 Å². The van der Waals surface area contributed by atoms with E-state index in [4.69, 9.17) is 17.3 Å². The Morgan fingerprint density at radius 1 is 1.47 bits per heavy atom. The Kier molecular flexibility index (Phi) is 4.32. The molecule has 0 radical (unpaired) electrons. The molecule has 0 saturated carbocycles. The van der Waals surface area contributed by atoms with Gasteiger partial charge < -0.3 is 15.7 Å². The van der Waals surface area contributed by atoms with Crippen molar-refractivity contribution in [1.29, 1.82) is 0 Å². The van der Waals surface area contributed by atoms with Crippen LogP contribution in [0.25, 0.3) is 0 Å². The van der Waals surface area contributed by atoms with Gasteiger partial charge in [-0.15, -0.1) is 0 Å². The highest BCUT2D eigenvalue weighted by molar-refractivity contribution is 6.33. The van der Waals surface area contributed by atoms with Gasteiger partial charge in [0.1, 0.15) is 0 Å². The first-order valence-corrected chi connectivity index (χ1v) is 6.90. The number of hydrogen-bond acceptors (Lipinski definition) is 3. The Bertz CT molecular complexity index is 469. The summed E-state index contributed by atoms with van der Waals surface area (Å²) in [6.45, 7) is 3.11. The number of nitrogens with two attached hydrogens (primary N) is 1. The molecular weight excluding hydrogens is 264 g/mol. The van der Waals surface area contributed by atoms with Crippen molar-refractivity contribution in [2.24, 2.45) is 5.92 Å². The van der Waals surface area contributed by atoms with Gasteiger partial charge in [0.2, 0.25) is 0 Å². The number of piperidine rings is 1. The van der Waals surface area contributed by atoms with Crippen LogP contribution in [-0.2, 0) is 0 Å². The minimum absolute atomic E-state index is 0.0796. The van der Waals surface area contributed by atoms with Gasteiger partial charge in [-0.3, -0.25) is 4.79 Å². The summed E-state index contributed by atoms with van der Waals surface area (Å²) in [5.74, 6) is 0.199. The number of likely N-dealkylation sites (tertiary alicyclic amines) is 1. The lowest BCUT2D eigenvalue weighted by molar-refractivity contribution is 0.0522. The third-order valence-corrected chi connectivity index (χ3v) is 4.12. The maximum Gasteiger partial charge on any atom is 0.255 e. The molecule has 1 aromatic rings. The second-order valence-electron chi connectivity index (χ2n) is 5.07. The van der Waals surface area contributed by atoms with Gasteiger partial charge in [0.15, 0.2) is 0 Å². The molecule has 4 nitrogen and oxygen atoms in total. The Balaban J connectivity index is 2.07. The van der Waals surface area contributed by atoms with E-state index in [2.05, 4.69) is 0 Å². The second kappa shape index (κ2) is 5.80. The number of anilines is 1. The number of hydrogen-bond donors (Lipinski definition) is 2. The first-order valence-electron chi connectivity index (χ1n) is 6.52. The van der Waals surface area contributed by atoms with Crippen LogP contribution in [-0.4, -0.2) is 35.1 Å². The smallest absolute Gasteiger partial charge is 0.255 e. The van der Waals surface area contributed by atoms with E-state index in [9.17, 15) is 9.90 Å². The van der Waals surface area contributed by atoms with Crippen LogP contribution >= 0.6 is 11.6 Å². The molecule has 1 atom stereocenters. The molecule has 1 aliphatic heterocycles. The molecule has 1 fully saturated rings. The zero-order valence-electron chi connectivity index (χ0n) is 11.0. The van der Waals surface area contributed by atoms with E-state index in [1.165, 1.54) is 0 Å². The molecule has 1 aliphatic rings. The molecule has 1 unspecified atom stereocenters. The van der Waals surface area contributed by atoms with Gasteiger partial charge >= 0.3 is 0 Å². The highest BCUT2D eigenvalue weighted by Gasteiger charge is 2.27. The standard InChI is InChI=1S/C14H19ClN2O2/c1-9(18)10-5-7-17(8-6-10)14(19)11-3-2-4-12(15)13(11)16/h2-4,9-10,18H,5-8,16H2,1H3. The lowest BCUT2D eigenvalue weighted by Crippen LogP contribution is -2.41. The van der Waals surface area contributed by atoms with Crippen LogP contribution in [0.3, 0.4) is 0 Å². The fraction of sp³-hybridized carbons (Fsp3) is 0.500. The van der Waals surface area contributed by atoms with E-state index < -0.39 is 0 Å². The summed E-state index contributed by atoms with van der Waals surface area (Å²) in [7, 11) is 0. The molecule has 19 heavy (non-hydrogen) atoms. The number of carbonyl (C=O) groups is 1. The van der Waals surface area contributed by atoms with Crippen molar-refractivity contribution in [3.63, 3.8) is 0 Å². The maximum atomic E-state index is 12.4. The average Bonchev–Trinajstić information content (AvgIpc) is 2.41. The number of nitrogens with zero attached hydrogens (tertiary/aromatic N) is 1. The number of aliphatic hydroxyl groups is 1. The number of halogens is 1. The molecule has 104 valence electrons. The number of carbonyl (C=O) groups excluding carboxylic acids is 1. The predicted octanol–water partition coefficient (Wildman–Crippen LogP) is 2.16. The monoisotopic (exact) mass is 282 g/mol. The third kappa shape index (κ3) is 3.01. The molecular formula is C14H19ClN2O2. The molecule has 5 heteroatoms. The van der Waals surface area contributed by atoms with Gasteiger partial charge in [0.25, 0.3) is 5.91 Å². The van der Waals surface area contributed by atoms with Crippen LogP contribution < -0.4 is 5.73 Å². The number of benzene rings is 1. The van der Waals surface area contributed by atoms with Crippen molar-refractivity contribution in [3.05, 3.63) is 28.8 Å². The first-order chi connectivity index (χ1) is 9.00. The van der Waals surface area contributed by atoms with E-state index in [1.807, 2.05) is 0 Å². The zero-order valence-corrected chi connectivity index (χ0v) is 11.7. The molecule has 1 saturated heterocycles. The van der Waals surface area contributed by atoms with E-state index in [0.29, 0.717) is 29.4 Å². The van der Waals surface area contributed by atoms with E-state index in [0.717, 1.165) is 12.8 Å². The van der Waals surface area contributed by atoms with Crippen molar-refractivity contribution < 1.29 is 9.90 Å². The number of aliphatic hydroxyl groups excluding tert-OH is 1. The van der Waals surface area contributed by atoms with Gasteiger partial charge in [-0.25, -0.2) is 0 Å². The lowest BCUT2D eigenvalue weighted by Gasteiger charge is -2.33. The molecule has 0 aliphatic carbocycles. The zero-order chi connectivity index (χ0) is 14.0. The molecule has 3 N–H and O–H groups in total. The van der Waals surface area contributed by atoms with Crippen molar-refractivity contribution in [1.82, 2.24) is 4.90 Å². The van der Waals surface area contributed by atoms with Crippen molar-refractivity contribution in [3.8, 4) is 0 Å². The average molecular weight is 283 g/mol. The summed E-state index contributed by atoms with van der Waals surface area (Å²) in [6, 6.07) is 5.10. The number of rotatable bonds is 2. The van der Waals surface area contributed by atoms with Crippen molar-refractivity contribution in [2.75, 3.05) is 18.8 Å². The van der Waals surface area contributed by atoms with E-state index in [-0.39, 0.29) is 17.9 Å². The van der Waals surface area contributed by atoms with Crippen LogP contribution in [0.1, 0.15) is 30.1 Å². The summed E-state index contributed by atoms with van der Waals surface area (Å²) in [4.78, 5) is 14.2. The Morgan fingerprint density at radius 3 is 2.68 bits per heavy atom. The van der Waals surface area contributed by atoms with Gasteiger partial charge in [0.05, 0.1) is 22.4 Å². The summed E-state index contributed by atoms with van der Waals surface area (Å²) in [6.07, 6.45) is 1.33. The second-order valence-corrected chi connectivity index (χ2v) is 5.48. The third-order valence-electron chi connectivity index (χ3n) is 3.79. The molecule has 0 aromatic heterocycles. The highest BCUT2D eigenvalue weighted by Crippen LogP contribution is 2.26. The summed E-state index contributed by atoms with van der Waals surface area (Å²) in [5, 5.41) is 9.97. The summed E-state index contributed by atoms with van der Waals surface area (Å²) in [5.41, 5.74) is 6.65. The number of nitrogen functional groups attached to an aromatic ring is 1. The quantitative estimate of drug-likeness (QED) is 0.817.